The summed E-state index contributed by atoms with van der Waals surface area (Å²) >= 11 is 6.06. The second kappa shape index (κ2) is 7.31. The summed E-state index contributed by atoms with van der Waals surface area (Å²) in [7, 11) is 3.31. The predicted octanol–water partition coefficient (Wildman–Crippen LogP) is 2.60. The molecule has 1 heterocycles. The van der Waals surface area contributed by atoms with Crippen molar-refractivity contribution in [2.75, 3.05) is 14.2 Å². The Hall–Kier alpha value is -2.93. The Morgan fingerprint density at radius 1 is 1.28 bits per heavy atom. The third-order valence-electron chi connectivity index (χ3n) is 3.73. The molecule has 0 aliphatic heterocycles. The van der Waals surface area contributed by atoms with Crippen molar-refractivity contribution in [3.05, 3.63) is 64.9 Å². The minimum Gasteiger partial charge on any atom is -0.496 e. The molecule has 1 amide bonds. The average molecular weight is 358 g/mol. The highest BCUT2D eigenvalue weighted by Gasteiger charge is 2.18. The van der Waals surface area contributed by atoms with Gasteiger partial charge in [0.15, 0.2) is 0 Å². The molecule has 3 aromatic rings. The molecule has 7 nitrogen and oxygen atoms in total. The third-order valence-corrected chi connectivity index (χ3v) is 3.96. The van der Waals surface area contributed by atoms with E-state index in [4.69, 9.17) is 16.3 Å². The van der Waals surface area contributed by atoms with Crippen LogP contribution in [0.1, 0.15) is 15.9 Å². The monoisotopic (exact) mass is 357 g/mol. The zero-order chi connectivity index (χ0) is 17.8. The molecule has 0 aliphatic carbocycles. The van der Waals surface area contributed by atoms with Crippen molar-refractivity contribution in [3.63, 3.8) is 0 Å². The van der Waals surface area contributed by atoms with E-state index in [2.05, 4.69) is 15.5 Å². The van der Waals surface area contributed by atoms with Crippen molar-refractivity contribution < 1.29 is 9.53 Å². The lowest BCUT2D eigenvalue weighted by Gasteiger charge is -2.20. The molecule has 0 bridgehead atoms. The van der Waals surface area contributed by atoms with E-state index in [0.29, 0.717) is 28.6 Å². The summed E-state index contributed by atoms with van der Waals surface area (Å²) in [5.74, 6) is 0.519. The Bertz CT molecular complexity index is 883. The minimum atomic E-state index is -0.159. The fourth-order valence-corrected chi connectivity index (χ4v) is 2.72. The van der Waals surface area contributed by atoms with E-state index in [1.54, 1.807) is 55.5 Å². The third kappa shape index (κ3) is 3.61. The van der Waals surface area contributed by atoms with E-state index in [9.17, 15) is 4.79 Å². The first-order valence-corrected chi connectivity index (χ1v) is 7.88. The van der Waals surface area contributed by atoms with Crippen LogP contribution in [0, 0.1) is 0 Å². The predicted molar refractivity (Wildman–Crippen MR) is 93.0 cm³/mol. The molecule has 0 radical (unpaired) electrons. The molecular formula is C17H16ClN5O2. The van der Waals surface area contributed by atoms with Gasteiger partial charge in [-0.3, -0.25) is 4.79 Å². The molecule has 3 rings (SSSR count). The van der Waals surface area contributed by atoms with Crippen LogP contribution in [-0.4, -0.2) is 45.2 Å². The molecule has 0 aliphatic rings. The van der Waals surface area contributed by atoms with Gasteiger partial charge in [-0.1, -0.05) is 23.7 Å². The number of hydrogen-bond acceptors (Lipinski definition) is 5. The molecule has 8 heteroatoms. The second-order valence-electron chi connectivity index (χ2n) is 5.39. The van der Waals surface area contributed by atoms with Gasteiger partial charge in [-0.2, -0.15) is 4.68 Å². The highest BCUT2D eigenvalue weighted by Crippen LogP contribution is 2.24. The van der Waals surface area contributed by atoms with Gasteiger partial charge in [0.25, 0.3) is 5.91 Å². The van der Waals surface area contributed by atoms with Crippen LogP contribution in [0.4, 0.5) is 0 Å². The maximum absolute atomic E-state index is 12.9. The highest BCUT2D eigenvalue weighted by atomic mass is 35.5. The molecule has 0 saturated heterocycles. The fourth-order valence-electron chi connectivity index (χ4n) is 2.53. The zero-order valence-electron chi connectivity index (χ0n) is 13.8. The lowest BCUT2D eigenvalue weighted by Crippen LogP contribution is -2.27. The summed E-state index contributed by atoms with van der Waals surface area (Å²) < 4.78 is 6.80. The van der Waals surface area contributed by atoms with E-state index in [1.165, 1.54) is 11.0 Å². The molecular weight excluding hydrogens is 342 g/mol. The Morgan fingerprint density at radius 2 is 2.08 bits per heavy atom. The topological polar surface area (TPSA) is 73.1 Å². The van der Waals surface area contributed by atoms with Crippen molar-refractivity contribution in [3.8, 4) is 11.4 Å². The molecule has 0 fully saturated rings. The number of ether oxygens (including phenoxy) is 1. The number of rotatable bonds is 5. The van der Waals surface area contributed by atoms with Gasteiger partial charge in [-0.25, -0.2) is 0 Å². The van der Waals surface area contributed by atoms with Gasteiger partial charge in [0, 0.05) is 24.2 Å². The molecule has 0 atom stereocenters. The van der Waals surface area contributed by atoms with Crippen LogP contribution in [0.3, 0.4) is 0 Å². The van der Waals surface area contributed by atoms with Gasteiger partial charge in [-0.15, -0.1) is 5.10 Å². The minimum absolute atomic E-state index is 0.159. The standard InChI is InChI=1S/C17H16ClN5O2/c1-22(10-12-9-13(18)7-8-16(12)25-2)17(24)14-5-3-4-6-15(14)23-11-19-20-21-23/h3-9,11H,10H2,1-2H3. The number of methoxy groups -OCH3 is 1. The zero-order valence-corrected chi connectivity index (χ0v) is 14.5. The maximum atomic E-state index is 12.9. The van der Waals surface area contributed by atoms with Crippen LogP contribution in [-0.2, 0) is 6.54 Å². The number of aromatic nitrogens is 4. The Morgan fingerprint density at radius 3 is 2.80 bits per heavy atom. The molecule has 25 heavy (non-hydrogen) atoms. The molecule has 2 aromatic carbocycles. The van der Waals surface area contributed by atoms with Crippen molar-refractivity contribution in [1.82, 2.24) is 25.1 Å². The number of amides is 1. The van der Waals surface area contributed by atoms with Crippen LogP contribution in [0.2, 0.25) is 5.02 Å². The van der Waals surface area contributed by atoms with Crippen molar-refractivity contribution in [2.24, 2.45) is 0 Å². The molecule has 1 aromatic heterocycles. The summed E-state index contributed by atoms with van der Waals surface area (Å²) in [6.07, 6.45) is 1.45. The summed E-state index contributed by atoms with van der Waals surface area (Å²) in [6, 6.07) is 12.5. The quantitative estimate of drug-likeness (QED) is 0.701. The molecule has 0 N–H and O–H groups in total. The summed E-state index contributed by atoms with van der Waals surface area (Å²) in [5, 5.41) is 11.7. The Kier molecular flexibility index (Phi) is 4.95. The van der Waals surface area contributed by atoms with E-state index in [-0.39, 0.29) is 5.91 Å². The van der Waals surface area contributed by atoms with E-state index >= 15 is 0 Å². The van der Waals surface area contributed by atoms with Crippen LogP contribution < -0.4 is 4.74 Å². The highest BCUT2D eigenvalue weighted by molar-refractivity contribution is 6.30. The number of carbonyl (C=O) groups is 1. The fraction of sp³-hybridized carbons (Fsp3) is 0.176. The summed E-state index contributed by atoms with van der Waals surface area (Å²) in [4.78, 5) is 14.5. The number of tetrazole rings is 1. The Balaban J connectivity index is 1.88. The van der Waals surface area contributed by atoms with Gasteiger partial charge >= 0.3 is 0 Å². The van der Waals surface area contributed by atoms with E-state index < -0.39 is 0 Å². The van der Waals surface area contributed by atoms with Crippen LogP contribution in [0.5, 0.6) is 5.75 Å². The number of para-hydroxylation sites is 1. The molecule has 0 unspecified atom stereocenters. The molecule has 128 valence electrons. The van der Waals surface area contributed by atoms with Gasteiger partial charge < -0.3 is 9.64 Å². The first-order valence-electron chi connectivity index (χ1n) is 7.50. The Labute approximate surface area is 149 Å². The first-order chi connectivity index (χ1) is 12.1. The SMILES string of the molecule is COc1ccc(Cl)cc1CN(C)C(=O)c1ccccc1-n1cnnn1. The molecule has 0 spiro atoms. The maximum Gasteiger partial charge on any atom is 0.256 e. The average Bonchev–Trinajstić information content (AvgIpc) is 3.16. The summed E-state index contributed by atoms with van der Waals surface area (Å²) in [6.45, 7) is 0.354. The molecule has 0 saturated carbocycles. The van der Waals surface area contributed by atoms with Crippen LogP contribution in [0.25, 0.3) is 5.69 Å². The normalized spacial score (nSPS) is 10.5. The van der Waals surface area contributed by atoms with Gasteiger partial charge in [0.1, 0.15) is 12.1 Å². The second-order valence-corrected chi connectivity index (χ2v) is 5.83. The number of carbonyl (C=O) groups excluding carboxylic acids is 1. The number of nitrogens with zero attached hydrogens (tertiary/aromatic N) is 5. The van der Waals surface area contributed by atoms with Gasteiger partial charge in [0.2, 0.25) is 0 Å². The van der Waals surface area contributed by atoms with Crippen molar-refractivity contribution >= 4 is 17.5 Å². The van der Waals surface area contributed by atoms with Crippen LogP contribution in [0.15, 0.2) is 48.8 Å². The van der Waals surface area contributed by atoms with E-state index in [1.807, 2.05) is 6.07 Å². The largest absolute Gasteiger partial charge is 0.496 e. The lowest BCUT2D eigenvalue weighted by atomic mass is 10.1. The number of halogens is 1. The van der Waals surface area contributed by atoms with Crippen molar-refractivity contribution in [1.29, 1.82) is 0 Å². The summed E-state index contributed by atoms with van der Waals surface area (Å²) in [5.41, 5.74) is 1.94. The number of hydrogen-bond donors (Lipinski definition) is 0. The first kappa shape index (κ1) is 16.9. The van der Waals surface area contributed by atoms with Gasteiger partial charge in [0.05, 0.1) is 18.4 Å². The van der Waals surface area contributed by atoms with E-state index in [0.717, 1.165) is 5.56 Å². The lowest BCUT2D eigenvalue weighted by molar-refractivity contribution is 0.0784. The van der Waals surface area contributed by atoms with Crippen molar-refractivity contribution in [2.45, 2.75) is 6.54 Å². The van der Waals surface area contributed by atoms with Gasteiger partial charge in [-0.05, 0) is 40.8 Å². The van der Waals surface area contributed by atoms with Crippen LogP contribution >= 0.6 is 11.6 Å². The number of benzene rings is 2. The smallest absolute Gasteiger partial charge is 0.256 e.